The lowest BCUT2D eigenvalue weighted by atomic mass is 10.1. The maximum atomic E-state index is 12.6. The first-order valence-electron chi connectivity index (χ1n) is 4.36. The third kappa shape index (κ3) is 2.77. The standard InChI is InChI=1S/C10H9ClFNO3/c1-6(14)13(16)10(15)9(11)7-2-4-8(12)5-3-7/h2-5,9,16H,1H3. The normalized spacial score (nSPS) is 12.0. The molecule has 0 spiro atoms. The van der Waals surface area contributed by atoms with Crippen molar-refractivity contribution in [3.8, 4) is 0 Å². The minimum atomic E-state index is -1.23. The summed E-state index contributed by atoms with van der Waals surface area (Å²) in [6.45, 7) is 1.02. The van der Waals surface area contributed by atoms with Gasteiger partial charge in [0.15, 0.2) is 0 Å². The van der Waals surface area contributed by atoms with Crippen molar-refractivity contribution >= 4 is 23.4 Å². The number of hydroxylamine groups is 2. The summed E-state index contributed by atoms with van der Waals surface area (Å²) in [7, 11) is 0. The number of nitrogens with zero attached hydrogens (tertiary/aromatic N) is 1. The zero-order chi connectivity index (χ0) is 12.3. The average molecular weight is 246 g/mol. The summed E-state index contributed by atoms with van der Waals surface area (Å²) in [6.07, 6.45) is 0. The minimum Gasteiger partial charge on any atom is -0.278 e. The highest BCUT2D eigenvalue weighted by Gasteiger charge is 2.25. The van der Waals surface area contributed by atoms with Crippen molar-refractivity contribution in [2.45, 2.75) is 12.3 Å². The Kier molecular flexibility index (Phi) is 3.98. The van der Waals surface area contributed by atoms with Crippen molar-refractivity contribution in [2.24, 2.45) is 0 Å². The Labute approximate surface area is 96.2 Å². The van der Waals surface area contributed by atoms with Crippen LogP contribution in [0.2, 0.25) is 0 Å². The van der Waals surface area contributed by atoms with Crippen LogP contribution in [-0.4, -0.2) is 22.1 Å². The van der Waals surface area contributed by atoms with Gasteiger partial charge in [-0.3, -0.25) is 14.8 Å². The van der Waals surface area contributed by atoms with Gasteiger partial charge >= 0.3 is 0 Å². The number of rotatable bonds is 2. The summed E-state index contributed by atoms with van der Waals surface area (Å²) in [4.78, 5) is 22.1. The molecule has 1 N–H and O–H groups in total. The van der Waals surface area contributed by atoms with Crippen LogP contribution in [-0.2, 0) is 9.59 Å². The lowest BCUT2D eigenvalue weighted by Gasteiger charge is -2.14. The molecule has 1 atom stereocenters. The van der Waals surface area contributed by atoms with Gasteiger partial charge in [-0.05, 0) is 17.7 Å². The predicted molar refractivity (Wildman–Crippen MR) is 54.3 cm³/mol. The van der Waals surface area contributed by atoms with Crippen LogP contribution in [0.25, 0.3) is 0 Å². The maximum Gasteiger partial charge on any atom is 0.275 e. The van der Waals surface area contributed by atoms with Gasteiger partial charge in [0.2, 0.25) is 5.91 Å². The number of carbonyl (C=O) groups is 2. The van der Waals surface area contributed by atoms with Crippen LogP contribution in [0.5, 0.6) is 0 Å². The fraction of sp³-hybridized carbons (Fsp3) is 0.200. The SMILES string of the molecule is CC(=O)N(O)C(=O)C(Cl)c1ccc(F)cc1. The summed E-state index contributed by atoms with van der Waals surface area (Å²) in [6, 6.07) is 4.87. The van der Waals surface area contributed by atoms with E-state index in [9.17, 15) is 14.0 Å². The molecule has 0 saturated heterocycles. The molecule has 0 bridgehead atoms. The number of halogens is 2. The second-order valence-corrected chi connectivity index (χ2v) is 3.52. The van der Waals surface area contributed by atoms with Gasteiger partial charge in [0, 0.05) is 6.92 Å². The van der Waals surface area contributed by atoms with Crippen molar-refractivity contribution < 1.29 is 19.2 Å². The van der Waals surface area contributed by atoms with Crippen LogP contribution < -0.4 is 0 Å². The van der Waals surface area contributed by atoms with E-state index in [1.54, 1.807) is 0 Å². The molecule has 1 rings (SSSR count). The molecule has 0 aliphatic heterocycles. The molecule has 1 unspecified atom stereocenters. The number of alkyl halides is 1. The van der Waals surface area contributed by atoms with E-state index in [0.717, 1.165) is 19.1 Å². The topological polar surface area (TPSA) is 57.6 Å². The van der Waals surface area contributed by atoms with E-state index in [4.69, 9.17) is 16.8 Å². The van der Waals surface area contributed by atoms with E-state index >= 15 is 0 Å². The molecule has 1 aromatic rings. The first-order chi connectivity index (χ1) is 7.43. The Morgan fingerprint density at radius 1 is 1.38 bits per heavy atom. The van der Waals surface area contributed by atoms with E-state index in [2.05, 4.69) is 0 Å². The molecular formula is C10H9ClFNO3. The van der Waals surface area contributed by atoms with Gasteiger partial charge in [-0.2, -0.15) is 5.06 Å². The highest BCUT2D eigenvalue weighted by Crippen LogP contribution is 2.22. The Morgan fingerprint density at radius 2 is 1.88 bits per heavy atom. The molecule has 2 amide bonds. The molecule has 0 saturated carbocycles. The highest BCUT2D eigenvalue weighted by molar-refractivity contribution is 6.31. The average Bonchev–Trinajstić information content (AvgIpc) is 2.27. The molecule has 0 aliphatic carbocycles. The molecule has 0 heterocycles. The van der Waals surface area contributed by atoms with E-state index < -0.39 is 23.0 Å². The second-order valence-electron chi connectivity index (χ2n) is 3.08. The zero-order valence-corrected chi connectivity index (χ0v) is 9.11. The van der Waals surface area contributed by atoms with Crippen LogP contribution in [0, 0.1) is 5.82 Å². The van der Waals surface area contributed by atoms with Crippen molar-refractivity contribution in [1.29, 1.82) is 0 Å². The first kappa shape index (κ1) is 12.6. The van der Waals surface area contributed by atoms with Crippen LogP contribution in [0.15, 0.2) is 24.3 Å². The van der Waals surface area contributed by atoms with Crippen molar-refractivity contribution in [3.63, 3.8) is 0 Å². The zero-order valence-electron chi connectivity index (χ0n) is 8.35. The molecule has 6 heteroatoms. The smallest absolute Gasteiger partial charge is 0.275 e. The number of hydrogen-bond acceptors (Lipinski definition) is 3. The molecule has 86 valence electrons. The molecule has 0 radical (unpaired) electrons. The van der Waals surface area contributed by atoms with Crippen LogP contribution in [0.3, 0.4) is 0 Å². The summed E-state index contributed by atoms with van der Waals surface area (Å²) in [5.41, 5.74) is 0.299. The number of imide groups is 1. The number of amides is 2. The van der Waals surface area contributed by atoms with E-state index in [1.807, 2.05) is 0 Å². The van der Waals surface area contributed by atoms with Crippen LogP contribution in [0.4, 0.5) is 4.39 Å². The van der Waals surface area contributed by atoms with Crippen molar-refractivity contribution in [3.05, 3.63) is 35.6 Å². The number of benzene rings is 1. The van der Waals surface area contributed by atoms with Gasteiger partial charge in [-0.1, -0.05) is 12.1 Å². The van der Waals surface area contributed by atoms with Gasteiger partial charge in [-0.25, -0.2) is 4.39 Å². The first-order valence-corrected chi connectivity index (χ1v) is 4.80. The maximum absolute atomic E-state index is 12.6. The largest absolute Gasteiger partial charge is 0.278 e. The molecule has 0 fully saturated rings. The van der Waals surface area contributed by atoms with Gasteiger partial charge < -0.3 is 0 Å². The molecule has 4 nitrogen and oxygen atoms in total. The summed E-state index contributed by atoms with van der Waals surface area (Å²) in [5, 5.41) is 7.76. The third-order valence-electron chi connectivity index (χ3n) is 1.89. The fourth-order valence-corrected chi connectivity index (χ4v) is 1.27. The summed E-state index contributed by atoms with van der Waals surface area (Å²) < 4.78 is 12.6. The van der Waals surface area contributed by atoms with Crippen molar-refractivity contribution in [1.82, 2.24) is 5.06 Å². The van der Waals surface area contributed by atoms with E-state index in [0.29, 0.717) is 5.56 Å². The molecule has 0 aromatic heterocycles. The second kappa shape index (κ2) is 5.05. The Balaban J connectivity index is 2.85. The lowest BCUT2D eigenvalue weighted by Crippen LogP contribution is -2.34. The molecule has 0 aliphatic rings. The quantitative estimate of drug-likeness (QED) is 0.492. The predicted octanol–water partition coefficient (Wildman–Crippen LogP) is 1.87. The Morgan fingerprint density at radius 3 is 2.31 bits per heavy atom. The van der Waals surface area contributed by atoms with E-state index in [1.165, 1.54) is 12.1 Å². The summed E-state index contributed by atoms with van der Waals surface area (Å²) in [5.74, 6) is -2.27. The molecule has 1 aromatic carbocycles. The lowest BCUT2D eigenvalue weighted by molar-refractivity contribution is -0.177. The van der Waals surface area contributed by atoms with Gasteiger partial charge in [-0.15, -0.1) is 11.6 Å². The monoisotopic (exact) mass is 245 g/mol. The Hall–Kier alpha value is -1.46. The van der Waals surface area contributed by atoms with Gasteiger partial charge in [0.1, 0.15) is 11.2 Å². The summed E-state index contributed by atoms with van der Waals surface area (Å²) >= 11 is 5.72. The van der Waals surface area contributed by atoms with Crippen molar-refractivity contribution in [2.75, 3.05) is 0 Å². The fourth-order valence-electron chi connectivity index (χ4n) is 1.04. The minimum absolute atomic E-state index is 0.0684. The van der Waals surface area contributed by atoms with Gasteiger partial charge in [0.25, 0.3) is 5.91 Å². The van der Waals surface area contributed by atoms with Crippen LogP contribution in [0.1, 0.15) is 17.9 Å². The van der Waals surface area contributed by atoms with E-state index in [-0.39, 0.29) is 5.06 Å². The van der Waals surface area contributed by atoms with Gasteiger partial charge in [0.05, 0.1) is 0 Å². The highest BCUT2D eigenvalue weighted by atomic mass is 35.5. The van der Waals surface area contributed by atoms with Crippen LogP contribution >= 0.6 is 11.6 Å². The number of carbonyl (C=O) groups excluding carboxylic acids is 2. The Bertz CT molecular complexity index is 407. The molecular weight excluding hydrogens is 237 g/mol. The number of hydrogen-bond donors (Lipinski definition) is 1. The molecule has 16 heavy (non-hydrogen) atoms. The third-order valence-corrected chi connectivity index (χ3v) is 2.33.